The van der Waals surface area contributed by atoms with Crippen molar-refractivity contribution in [2.24, 2.45) is 0 Å². The Morgan fingerprint density at radius 3 is 2.86 bits per heavy atom. The Labute approximate surface area is 141 Å². The van der Waals surface area contributed by atoms with E-state index in [1.165, 1.54) is 0 Å². The van der Waals surface area contributed by atoms with E-state index in [9.17, 15) is 9.59 Å². The second-order valence-electron chi connectivity index (χ2n) is 5.25. The van der Waals surface area contributed by atoms with E-state index in [-0.39, 0.29) is 30.8 Å². The number of anilines is 1. The molecule has 1 aromatic carbocycles. The van der Waals surface area contributed by atoms with Gasteiger partial charge in [0.05, 0.1) is 6.04 Å². The molecule has 1 aliphatic rings. The standard InChI is InChI=1S/C15H19ClN2O3.ClH/c1-17(8-3-6-14(19)20)13-7-9-18(15(13)21)12-5-2-4-11(16)10-12;/h2,4-5,10,13H,3,6-9H2,1H3,(H,19,20);1H. The molecule has 7 heteroatoms. The molecule has 1 heterocycles. The molecule has 0 saturated carbocycles. The van der Waals surface area contributed by atoms with Crippen LogP contribution in [0.25, 0.3) is 0 Å². The largest absolute Gasteiger partial charge is 0.481 e. The zero-order valence-corrected chi connectivity index (χ0v) is 13.9. The summed E-state index contributed by atoms with van der Waals surface area (Å²) in [5.41, 5.74) is 0.814. The van der Waals surface area contributed by atoms with E-state index in [0.717, 1.165) is 12.1 Å². The summed E-state index contributed by atoms with van der Waals surface area (Å²) in [4.78, 5) is 26.7. The minimum Gasteiger partial charge on any atom is -0.481 e. The molecule has 1 amide bonds. The van der Waals surface area contributed by atoms with Gasteiger partial charge in [-0.15, -0.1) is 12.4 Å². The van der Waals surface area contributed by atoms with Gasteiger partial charge in [-0.05, 0) is 44.6 Å². The molecule has 0 aliphatic carbocycles. The van der Waals surface area contributed by atoms with Crippen molar-refractivity contribution in [1.82, 2.24) is 4.90 Å². The minimum atomic E-state index is -0.804. The molecule has 0 aromatic heterocycles. The highest BCUT2D eigenvalue weighted by Gasteiger charge is 2.34. The lowest BCUT2D eigenvalue weighted by Gasteiger charge is -2.23. The molecule has 1 fully saturated rings. The van der Waals surface area contributed by atoms with Crippen LogP contribution in [0.2, 0.25) is 5.02 Å². The second-order valence-corrected chi connectivity index (χ2v) is 5.69. The minimum absolute atomic E-state index is 0. The molecule has 1 saturated heterocycles. The lowest BCUT2D eigenvalue weighted by Crippen LogP contribution is -2.40. The highest BCUT2D eigenvalue weighted by atomic mass is 35.5. The van der Waals surface area contributed by atoms with Crippen LogP contribution in [0.4, 0.5) is 5.69 Å². The van der Waals surface area contributed by atoms with E-state index in [1.807, 2.05) is 24.1 Å². The SMILES string of the molecule is CN(CCCC(=O)O)C1CCN(c2cccc(Cl)c2)C1=O.Cl. The van der Waals surface area contributed by atoms with Gasteiger partial charge in [0, 0.05) is 23.7 Å². The second kappa shape index (κ2) is 8.36. The predicted molar refractivity (Wildman–Crippen MR) is 89.0 cm³/mol. The van der Waals surface area contributed by atoms with E-state index in [4.69, 9.17) is 16.7 Å². The van der Waals surface area contributed by atoms with Gasteiger partial charge in [0.15, 0.2) is 0 Å². The monoisotopic (exact) mass is 346 g/mol. The molecule has 122 valence electrons. The maximum absolute atomic E-state index is 12.5. The van der Waals surface area contributed by atoms with Gasteiger partial charge in [0.1, 0.15) is 0 Å². The van der Waals surface area contributed by atoms with Crippen molar-refractivity contribution < 1.29 is 14.7 Å². The van der Waals surface area contributed by atoms with Gasteiger partial charge in [-0.25, -0.2) is 0 Å². The van der Waals surface area contributed by atoms with Crippen LogP contribution in [0.15, 0.2) is 24.3 Å². The number of amides is 1. The molecule has 0 radical (unpaired) electrons. The first-order valence-electron chi connectivity index (χ1n) is 6.98. The molecule has 2 rings (SSSR count). The van der Waals surface area contributed by atoms with Gasteiger partial charge in [0.2, 0.25) is 5.91 Å². The van der Waals surface area contributed by atoms with Crippen molar-refractivity contribution in [2.45, 2.75) is 25.3 Å². The lowest BCUT2D eigenvalue weighted by atomic mass is 10.2. The van der Waals surface area contributed by atoms with E-state index < -0.39 is 5.97 Å². The fourth-order valence-corrected chi connectivity index (χ4v) is 2.79. The van der Waals surface area contributed by atoms with Crippen molar-refractivity contribution in [2.75, 3.05) is 25.0 Å². The predicted octanol–water partition coefficient (Wildman–Crippen LogP) is 2.66. The van der Waals surface area contributed by atoms with Crippen LogP contribution in [0, 0.1) is 0 Å². The van der Waals surface area contributed by atoms with Crippen LogP contribution in [0.3, 0.4) is 0 Å². The molecule has 1 aromatic rings. The molecule has 0 bridgehead atoms. The number of halogens is 2. The van der Waals surface area contributed by atoms with Crippen LogP contribution in [-0.4, -0.2) is 48.1 Å². The highest BCUT2D eigenvalue weighted by molar-refractivity contribution is 6.30. The van der Waals surface area contributed by atoms with Crippen LogP contribution >= 0.6 is 24.0 Å². The summed E-state index contributed by atoms with van der Waals surface area (Å²) in [5.74, 6) is -0.753. The van der Waals surface area contributed by atoms with Gasteiger partial charge in [0.25, 0.3) is 0 Å². The summed E-state index contributed by atoms with van der Waals surface area (Å²) in [6, 6.07) is 7.08. The topological polar surface area (TPSA) is 60.9 Å². The molecule has 1 aliphatic heterocycles. The van der Waals surface area contributed by atoms with Crippen molar-refractivity contribution in [3.63, 3.8) is 0 Å². The zero-order chi connectivity index (χ0) is 15.4. The molecule has 5 nitrogen and oxygen atoms in total. The molecule has 22 heavy (non-hydrogen) atoms. The van der Waals surface area contributed by atoms with Crippen molar-refractivity contribution in [3.05, 3.63) is 29.3 Å². The average Bonchev–Trinajstić information content (AvgIpc) is 2.80. The number of hydrogen-bond acceptors (Lipinski definition) is 3. The van der Waals surface area contributed by atoms with Gasteiger partial charge in [-0.1, -0.05) is 17.7 Å². The van der Waals surface area contributed by atoms with Gasteiger partial charge < -0.3 is 10.0 Å². The maximum Gasteiger partial charge on any atom is 0.303 e. The quantitative estimate of drug-likeness (QED) is 0.860. The average molecular weight is 347 g/mol. The van der Waals surface area contributed by atoms with Crippen molar-refractivity contribution >= 4 is 41.6 Å². The van der Waals surface area contributed by atoms with Gasteiger partial charge in [-0.3, -0.25) is 14.5 Å². The molecule has 1 N–H and O–H groups in total. The van der Waals surface area contributed by atoms with E-state index in [2.05, 4.69) is 0 Å². The van der Waals surface area contributed by atoms with Gasteiger partial charge >= 0.3 is 5.97 Å². The fraction of sp³-hybridized carbons (Fsp3) is 0.467. The maximum atomic E-state index is 12.5. The zero-order valence-electron chi connectivity index (χ0n) is 12.4. The highest BCUT2D eigenvalue weighted by Crippen LogP contribution is 2.26. The molecule has 0 spiro atoms. The summed E-state index contributed by atoms with van der Waals surface area (Å²) in [7, 11) is 1.87. The van der Waals surface area contributed by atoms with Crippen LogP contribution in [0.5, 0.6) is 0 Å². The summed E-state index contributed by atoms with van der Waals surface area (Å²) < 4.78 is 0. The molecule has 1 atom stereocenters. The van der Waals surface area contributed by atoms with Gasteiger partial charge in [-0.2, -0.15) is 0 Å². The fourth-order valence-electron chi connectivity index (χ4n) is 2.61. The number of nitrogens with zero attached hydrogens (tertiary/aromatic N) is 2. The molecule has 1 unspecified atom stereocenters. The van der Waals surface area contributed by atoms with Crippen molar-refractivity contribution in [3.8, 4) is 0 Å². The molecular formula is C15H20Cl2N2O3. The Morgan fingerprint density at radius 1 is 1.50 bits per heavy atom. The third kappa shape index (κ3) is 4.60. The number of carbonyl (C=O) groups excluding carboxylic acids is 1. The number of carboxylic acid groups (broad SMARTS) is 1. The Kier molecular flexibility index (Phi) is 7.13. The number of hydrogen-bond donors (Lipinski definition) is 1. The third-order valence-electron chi connectivity index (χ3n) is 3.73. The van der Waals surface area contributed by atoms with Crippen LogP contribution in [-0.2, 0) is 9.59 Å². The third-order valence-corrected chi connectivity index (χ3v) is 3.97. The van der Waals surface area contributed by atoms with E-state index in [1.54, 1.807) is 17.0 Å². The van der Waals surface area contributed by atoms with Crippen LogP contribution in [0.1, 0.15) is 19.3 Å². The number of carboxylic acids is 1. The number of likely N-dealkylation sites (N-methyl/N-ethyl adjacent to an activating group) is 1. The van der Waals surface area contributed by atoms with Crippen molar-refractivity contribution in [1.29, 1.82) is 0 Å². The first-order valence-corrected chi connectivity index (χ1v) is 7.36. The van der Waals surface area contributed by atoms with E-state index >= 15 is 0 Å². The first kappa shape index (κ1) is 18.7. The number of aliphatic carboxylic acids is 1. The Bertz CT molecular complexity index is 539. The summed E-state index contributed by atoms with van der Waals surface area (Å²) in [6.07, 6.45) is 1.42. The smallest absolute Gasteiger partial charge is 0.303 e. The Balaban J connectivity index is 0.00000242. The van der Waals surface area contributed by atoms with E-state index in [0.29, 0.717) is 24.5 Å². The number of rotatable bonds is 6. The number of carbonyl (C=O) groups is 2. The van der Waals surface area contributed by atoms with Crippen LogP contribution < -0.4 is 4.90 Å². The summed E-state index contributed by atoms with van der Waals surface area (Å²) >= 11 is 5.96. The Morgan fingerprint density at radius 2 is 2.23 bits per heavy atom. The lowest BCUT2D eigenvalue weighted by molar-refractivity contribution is -0.137. The molecular weight excluding hydrogens is 327 g/mol. The normalized spacial score (nSPS) is 17.7. The Hall–Kier alpha value is -1.30. The number of benzene rings is 1. The summed E-state index contributed by atoms with van der Waals surface area (Å²) in [5, 5.41) is 9.26. The summed E-state index contributed by atoms with van der Waals surface area (Å²) in [6.45, 7) is 1.26. The first-order chi connectivity index (χ1) is 9.99.